The second-order valence-electron chi connectivity index (χ2n) is 5.24. The van der Waals surface area contributed by atoms with E-state index < -0.39 is 0 Å². The normalized spacial score (nSPS) is 11.0. The molecule has 4 nitrogen and oxygen atoms in total. The van der Waals surface area contributed by atoms with Crippen molar-refractivity contribution in [2.75, 3.05) is 20.1 Å². The summed E-state index contributed by atoms with van der Waals surface area (Å²) in [4.78, 5) is 9.85. The summed E-state index contributed by atoms with van der Waals surface area (Å²) in [5.41, 5.74) is 1.19. The number of nitrogens with one attached hydrogen (secondary N) is 2. The number of rotatable bonds is 7. The zero-order valence-corrected chi connectivity index (χ0v) is 17.9. The van der Waals surface area contributed by atoms with E-state index in [1.54, 1.807) is 18.4 Å². The average Bonchev–Trinajstić information content (AvgIpc) is 2.96. The van der Waals surface area contributed by atoms with Gasteiger partial charge in [-0.1, -0.05) is 29.8 Å². The van der Waals surface area contributed by atoms with E-state index >= 15 is 0 Å². The molecule has 132 valence electrons. The third-order valence-electron chi connectivity index (χ3n) is 3.40. The van der Waals surface area contributed by atoms with Crippen LogP contribution < -0.4 is 10.6 Å². The van der Waals surface area contributed by atoms with Gasteiger partial charge in [0.15, 0.2) is 5.96 Å². The Kier molecular flexibility index (Phi) is 10.3. The summed E-state index contributed by atoms with van der Waals surface area (Å²) < 4.78 is 0. The van der Waals surface area contributed by atoms with E-state index in [-0.39, 0.29) is 24.0 Å². The fourth-order valence-electron chi connectivity index (χ4n) is 2.21. The van der Waals surface area contributed by atoms with E-state index in [9.17, 15) is 0 Å². The summed E-state index contributed by atoms with van der Waals surface area (Å²) in [5.74, 6) is 0.831. The molecule has 0 aliphatic rings. The topological polar surface area (TPSA) is 49.3 Å². The summed E-state index contributed by atoms with van der Waals surface area (Å²) in [6.45, 7) is 3.77. The molecular weight excluding hydrogens is 455 g/mol. The second kappa shape index (κ2) is 11.7. The molecule has 0 amide bonds. The van der Waals surface area contributed by atoms with Crippen LogP contribution in [-0.2, 0) is 12.8 Å². The molecule has 1 aromatic carbocycles. The molecular formula is C17H24ClIN4S. The molecule has 0 saturated heterocycles. The van der Waals surface area contributed by atoms with Crippen LogP contribution in [0.1, 0.15) is 21.9 Å². The number of halogens is 2. The van der Waals surface area contributed by atoms with Crippen LogP contribution in [0.2, 0.25) is 5.02 Å². The summed E-state index contributed by atoms with van der Waals surface area (Å²) >= 11 is 7.90. The van der Waals surface area contributed by atoms with E-state index in [2.05, 4.69) is 33.6 Å². The number of benzene rings is 1. The second-order valence-corrected chi connectivity index (χ2v) is 6.96. The summed E-state index contributed by atoms with van der Waals surface area (Å²) in [5, 5.41) is 8.64. The summed E-state index contributed by atoms with van der Waals surface area (Å²) in [6, 6.07) is 7.99. The van der Waals surface area contributed by atoms with Crippen LogP contribution in [0.5, 0.6) is 0 Å². The van der Waals surface area contributed by atoms with Crippen molar-refractivity contribution in [3.05, 3.63) is 50.9 Å². The molecule has 0 unspecified atom stereocenters. The Labute approximate surface area is 170 Å². The lowest BCUT2D eigenvalue weighted by atomic mass is 10.1. The number of aryl methyl sites for hydroxylation is 2. The summed E-state index contributed by atoms with van der Waals surface area (Å²) in [6.07, 6.45) is 4.80. The molecule has 7 heteroatoms. The van der Waals surface area contributed by atoms with E-state index in [0.717, 1.165) is 48.3 Å². The Morgan fingerprint density at radius 2 is 1.96 bits per heavy atom. The van der Waals surface area contributed by atoms with Gasteiger partial charge in [-0.3, -0.25) is 4.99 Å². The van der Waals surface area contributed by atoms with Crippen LogP contribution in [0.15, 0.2) is 35.5 Å². The lowest BCUT2D eigenvalue weighted by Gasteiger charge is -2.11. The highest BCUT2D eigenvalue weighted by atomic mass is 127. The molecule has 0 spiro atoms. The van der Waals surface area contributed by atoms with E-state index in [1.165, 1.54) is 10.4 Å². The number of nitrogens with zero attached hydrogens (tertiary/aromatic N) is 2. The van der Waals surface area contributed by atoms with Gasteiger partial charge in [-0.25, -0.2) is 4.98 Å². The third kappa shape index (κ3) is 7.36. The lowest BCUT2D eigenvalue weighted by Crippen LogP contribution is -2.38. The maximum Gasteiger partial charge on any atom is 0.190 e. The van der Waals surface area contributed by atoms with Gasteiger partial charge in [-0.15, -0.1) is 35.3 Å². The molecule has 24 heavy (non-hydrogen) atoms. The third-order valence-corrected chi connectivity index (χ3v) is 4.74. The van der Waals surface area contributed by atoms with E-state index in [0.29, 0.717) is 0 Å². The number of thiazole rings is 1. The van der Waals surface area contributed by atoms with Gasteiger partial charge in [0.05, 0.1) is 5.01 Å². The fourth-order valence-corrected chi connectivity index (χ4v) is 3.23. The maximum atomic E-state index is 6.16. The minimum Gasteiger partial charge on any atom is -0.356 e. The minimum atomic E-state index is 0. The van der Waals surface area contributed by atoms with Crippen molar-refractivity contribution in [2.45, 2.75) is 26.2 Å². The lowest BCUT2D eigenvalue weighted by molar-refractivity contribution is 0.738. The zero-order chi connectivity index (χ0) is 16.5. The zero-order valence-electron chi connectivity index (χ0n) is 14.0. The Hall–Kier alpha value is -0.860. The molecule has 0 atom stereocenters. The highest BCUT2D eigenvalue weighted by molar-refractivity contribution is 14.0. The molecule has 2 N–H and O–H groups in total. The van der Waals surface area contributed by atoms with Gasteiger partial charge in [-0.2, -0.15) is 0 Å². The van der Waals surface area contributed by atoms with Crippen molar-refractivity contribution >= 4 is 52.9 Å². The van der Waals surface area contributed by atoms with Gasteiger partial charge in [0, 0.05) is 42.7 Å². The highest BCUT2D eigenvalue weighted by Gasteiger charge is 2.02. The molecule has 1 heterocycles. The fraction of sp³-hybridized carbons (Fsp3) is 0.412. The van der Waals surface area contributed by atoms with Crippen LogP contribution in [0.4, 0.5) is 0 Å². The molecule has 0 bridgehead atoms. The number of hydrogen-bond acceptors (Lipinski definition) is 3. The Morgan fingerprint density at radius 3 is 2.62 bits per heavy atom. The Morgan fingerprint density at radius 1 is 1.21 bits per heavy atom. The van der Waals surface area contributed by atoms with Gasteiger partial charge >= 0.3 is 0 Å². The number of aliphatic imine (C=N–C) groups is 1. The molecule has 2 aromatic rings. The van der Waals surface area contributed by atoms with Crippen molar-refractivity contribution < 1.29 is 0 Å². The predicted octanol–water partition coefficient (Wildman–Crippen LogP) is 4.06. The van der Waals surface area contributed by atoms with Gasteiger partial charge in [0.1, 0.15) is 0 Å². The SMILES string of the molecule is CN=C(NCCCc1ccccc1Cl)NCCc1ncc(C)s1.I. The molecule has 0 aliphatic heterocycles. The first-order chi connectivity index (χ1) is 11.2. The number of hydrogen-bond donors (Lipinski definition) is 2. The molecule has 1 aromatic heterocycles. The first kappa shape index (κ1) is 21.2. The highest BCUT2D eigenvalue weighted by Crippen LogP contribution is 2.16. The van der Waals surface area contributed by atoms with Gasteiger partial charge in [0.2, 0.25) is 0 Å². The molecule has 0 radical (unpaired) electrons. The van der Waals surface area contributed by atoms with Crippen LogP contribution in [-0.4, -0.2) is 31.1 Å². The van der Waals surface area contributed by atoms with Gasteiger partial charge in [0.25, 0.3) is 0 Å². The van der Waals surface area contributed by atoms with Gasteiger partial charge in [-0.05, 0) is 31.4 Å². The van der Waals surface area contributed by atoms with Crippen LogP contribution in [0.3, 0.4) is 0 Å². The number of aromatic nitrogens is 1. The van der Waals surface area contributed by atoms with Crippen LogP contribution in [0, 0.1) is 6.92 Å². The molecule has 0 fully saturated rings. The van der Waals surface area contributed by atoms with Crippen molar-refractivity contribution in [3.8, 4) is 0 Å². The van der Waals surface area contributed by atoms with Crippen molar-refractivity contribution in [2.24, 2.45) is 4.99 Å². The monoisotopic (exact) mass is 478 g/mol. The summed E-state index contributed by atoms with van der Waals surface area (Å²) in [7, 11) is 1.79. The minimum absolute atomic E-state index is 0. The smallest absolute Gasteiger partial charge is 0.190 e. The molecule has 0 aliphatic carbocycles. The standard InChI is InChI=1S/C17H23ClN4S.HI/c1-13-12-22-16(23-13)9-11-21-17(19-2)20-10-5-7-14-6-3-4-8-15(14)18;/h3-4,6,8,12H,5,7,9-11H2,1-2H3,(H2,19,20,21);1H. The van der Waals surface area contributed by atoms with E-state index in [4.69, 9.17) is 11.6 Å². The molecule has 2 rings (SSSR count). The maximum absolute atomic E-state index is 6.16. The van der Waals surface area contributed by atoms with Crippen molar-refractivity contribution in [1.29, 1.82) is 0 Å². The largest absolute Gasteiger partial charge is 0.356 e. The Bertz CT molecular complexity index is 645. The quantitative estimate of drug-likeness (QED) is 0.273. The van der Waals surface area contributed by atoms with Crippen LogP contribution in [0.25, 0.3) is 0 Å². The average molecular weight is 479 g/mol. The van der Waals surface area contributed by atoms with Crippen LogP contribution >= 0.6 is 46.9 Å². The van der Waals surface area contributed by atoms with Crippen molar-refractivity contribution in [3.63, 3.8) is 0 Å². The van der Waals surface area contributed by atoms with Crippen molar-refractivity contribution in [1.82, 2.24) is 15.6 Å². The first-order valence-corrected chi connectivity index (χ1v) is 8.97. The Balaban J connectivity index is 0.00000288. The predicted molar refractivity (Wildman–Crippen MR) is 115 cm³/mol. The molecule has 0 saturated carbocycles. The van der Waals surface area contributed by atoms with Gasteiger partial charge < -0.3 is 10.6 Å². The first-order valence-electron chi connectivity index (χ1n) is 7.78. The van der Waals surface area contributed by atoms with E-state index in [1.807, 2.05) is 24.4 Å². The number of guanidine groups is 1.